The lowest BCUT2D eigenvalue weighted by Gasteiger charge is -2.41. The average molecular weight is 412 g/mol. The van der Waals surface area contributed by atoms with Gasteiger partial charge >= 0.3 is 5.97 Å². The van der Waals surface area contributed by atoms with Crippen LogP contribution >= 0.6 is 0 Å². The molecule has 0 spiro atoms. The number of esters is 1. The van der Waals surface area contributed by atoms with E-state index in [-0.39, 0.29) is 29.8 Å². The zero-order valence-corrected chi connectivity index (χ0v) is 17.4. The molecule has 1 aliphatic heterocycles. The maximum Gasteiger partial charge on any atom is 0.306 e. The number of nitrogens with zero attached hydrogens (tertiary/aromatic N) is 2. The molecule has 0 aromatic heterocycles. The maximum absolute atomic E-state index is 12.2. The fourth-order valence-corrected chi connectivity index (χ4v) is 4.26. The van der Waals surface area contributed by atoms with Crippen molar-refractivity contribution in [3.05, 3.63) is 75.8 Å². The summed E-state index contributed by atoms with van der Waals surface area (Å²) in [7, 11) is 1.59. The minimum atomic E-state index is -0.903. The number of nitro groups is 1. The van der Waals surface area contributed by atoms with Gasteiger partial charge in [0.1, 0.15) is 11.8 Å². The Balaban J connectivity index is 1.94. The van der Waals surface area contributed by atoms with E-state index >= 15 is 0 Å². The highest BCUT2D eigenvalue weighted by Gasteiger charge is 2.47. The van der Waals surface area contributed by atoms with Crippen LogP contribution in [0, 0.1) is 16.0 Å². The maximum atomic E-state index is 12.2. The number of rotatable bonds is 8. The Morgan fingerprint density at radius 1 is 1.17 bits per heavy atom. The van der Waals surface area contributed by atoms with Crippen molar-refractivity contribution in [3.63, 3.8) is 0 Å². The highest BCUT2D eigenvalue weighted by atomic mass is 16.6. The molecule has 1 fully saturated rings. The number of methoxy groups -OCH3 is 1. The van der Waals surface area contributed by atoms with Gasteiger partial charge in [-0.1, -0.05) is 42.5 Å². The summed E-state index contributed by atoms with van der Waals surface area (Å²) >= 11 is 0. The number of carbonyl (C=O) groups excluding carboxylic acids is 1. The van der Waals surface area contributed by atoms with Crippen LogP contribution in [-0.2, 0) is 16.1 Å². The van der Waals surface area contributed by atoms with Gasteiger partial charge in [0.05, 0.1) is 20.1 Å². The van der Waals surface area contributed by atoms with Crippen LogP contribution in [0.1, 0.15) is 36.9 Å². The highest BCUT2D eigenvalue weighted by Crippen LogP contribution is 2.39. The minimum Gasteiger partial charge on any atom is -0.497 e. The van der Waals surface area contributed by atoms with Crippen LogP contribution in [0.3, 0.4) is 0 Å². The summed E-state index contributed by atoms with van der Waals surface area (Å²) in [5.41, 5.74) is 1.95. The minimum absolute atomic E-state index is 0.0608. The summed E-state index contributed by atoms with van der Waals surface area (Å²) < 4.78 is 10.3. The molecule has 0 saturated carbocycles. The second-order valence-corrected chi connectivity index (χ2v) is 7.51. The summed E-state index contributed by atoms with van der Waals surface area (Å²) in [6.45, 7) is 3.29. The first kappa shape index (κ1) is 21.8. The van der Waals surface area contributed by atoms with Crippen LogP contribution in [-0.4, -0.2) is 42.1 Å². The van der Waals surface area contributed by atoms with Crippen molar-refractivity contribution >= 4 is 5.97 Å². The molecule has 30 heavy (non-hydrogen) atoms. The number of hydrogen-bond donors (Lipinski definition) is 0. The molecule has 1 aliphatic rings. The van der Waals surface area contributed by atoms with Gasteiger partial charge in [0.15, 0.2) is 0 Å². The molecule has 2 aromatic rings. The van der Waals surface area contributed by atoms with Crippen LogP contribution in [0.15, 0.2) is 54.6 Å². The Kier molecular flexibility index (Phi) is 7.41. The third-order valence-electron chi connectivity index (χ3n) is 5.65. The van der Waals surface area contributed by atoms with Crippen LogP contribution < -0.4 is 4.74 Å². The zero-order valence-electron chi connectivity index (χ0n) is 17.4. The van der Waals surface area contributed by atoms with Crippen molar-refractivity contribution < 1.29 is 19.2 Å². The van der Waals surface area contributed by atoms with Crippen molar-refractivity contribution in [2.45, 2.75) is 38.4 Å². The molecule has 1 saturated heterocycles. The summed E-state index contributed by atoms with van der Waals surface area (Å²) in [5, 5.41) is 12.2. The molecule has 7 heteroatoms. The molecule has 0 N–H and O–H groups in total. The van der Waals surface area contributed by atoms with Crippen molar-refractivity contribution in [3.8, 4) is 5.75 Å². The molecule has 2 aromatic carbocycles. The van der Waals surface area contributed by atoms with Crippen molar-refractivity contribution in [2.75, 3.05) is 20.3 Å². The summed E-state index contributed by atoms with van der Waals surface area (Å²) in [6, 6.07) is 16.0. The van der Waals surface area contributed by atoms with Gasteiger partial charge in [-0.05, 0) is 43.1 Å². The first-order chi connectivity index (χ1) is 14.5. The molecule has 0 bridgehead atoms. The number of likely N-dealkylation sites (tertiary alicyclic amines) is 1. The van der Waals surface area contributed by atoms with Crippen molar-refractivity contribution in [2.24, 2.45) is 5.92 Å². The second kappa shape index (κ2) is 10.2. The molecule has 0 radical (unpaired) electrons. The standard InChI is InChI=1S/C23H28N2O5/c1-3-30-21(26)15-19-13-14-24(16-17-7-5-4-6-8-17)22(23(19)25(27)28)18-9-11-20(29-2)12-10-18/h4-12,19,22-23H,3,13-16H2,1-2H3/t19-,22-,23+/m1/s1. The zero-order chi connectivity index (χ0) is 21.5. The Morgan fingerprint density at radius 2 is 1.87 bits per heavy atom. The van der Waals surface area contributed by atoms with Gasteiger partial charge in [-0.2, -0.15) is 0 Å². The van der Waals surface area contributed by atoms with E-state index in [4.69, 9.17) is 9.47 Å². The average Bonchev–Trinajstić information content (AvgIpc) is 2.75. The molecule has 160 valence electrons. The van der Waals surface area contributed by atoms with Gasteiger partial charge in [-0.3, -0.25) is 19.8 Å². The van der Waals surface area contributed by atoms with Crippen LogP contribution in [0.25, 0.3) is 0 Å². The van der Waals surface area contributed by atoms with Gasteiger partial charge in [-0.25, -0.2) is 0 Å². The first-order valence-corrected chi connectivity index (χ1v) is 10.2. The van der Waals surface area contributed by atoms with Gasteiger partial charge in [0, 0.05) is 17.4 Å². The van der Waals surface area contributed by atoms with Crippen LogP contribution in [0.4, 0.5) is 0 Å². The molecule has 1 heterocycles. The molecular weight excluding hydrogens is 384 g/mol. The molecular formula is C23H28N2O5. The topological polar surface area (TPSA) is 81.9 Å². The lowest BCUT2D eigenvalue weighted by Crippen LogP contribution is -2.50. The lowest BCUT2D eigenvalue weighted by atomic mass is 9.80. The largest absolute Gasteiger partial charge is 0.497 e. The molecule has 3 atom stereocenters. The fraction of sp³-hybridized carbons (Fsp3) is 0.435. The van der Waals surface area contributed by atoms with Crippen LogP contribution in [0.5, 0.6) is 5.75 Å². The monoisotopic (exact) mass is 412 g/mol. The van der Waals surface area contributed by atoms with E-state index in [1.165, 1.54) is 0 Å². The highest BCUT2D eigenvalue weighted by molar-refractivity contribution is 5.69. The summed E-state index contributed by atoms with van der Waals surface area (Å²) in [6.07, 6.45) is 0.634. The number of ether oxygens (including phenoxy) is 2. The Morgan fingerprint density at radius 3 is 2.47 bits per heavy atom. The number of piperidine rings is 1. The van der Waals surface area contributed by atoms with E-state index in [0.717, 1.165) is 11.1 Å². The van der Waals surface area contributed by atoms with E-state index < -0.39 is 12.1 Å². The van der Waals surface area contributed by atoms with Crippen LogP contribution in [0.2, 0.25) is 0 Å². The SMILES string of the molecule is CCOC(=O)C[C@H]1CCN(Cc2ccccc2)[C@H](c2ccc(OC)cc2)[C@H]1[N+](=O)[O-]. The molecule has 3 rings (SSSR count). The molecule has 0 aliphatic carbocycles. The summed E-state index contributed by atoms with van der Waals surface area (Å²) in [4.78, 5) is 26.2. The quantitative estimate of drug-likeness (QED) is 0.372. The lowest BCUT2D eigenvalue weighted by molar-refractivity contribution is -0.545. The van der Waals surface area contributed by atoms with Gasteiger partial charge in [-0.15, -0.1) is 0 Å². The van der Waals surface area contributed by atoms with E-state index in [2.05, 4.69) is 4.90 Å². The predicted octanol–water partition coefficient (Wildman–Crippen LogP) is 3.86. The fourth-order valence-electron chi connectivity index (χ4n) is 4.26. The summed E-state index contributed by atoms with van der Waals surface area (Å²) in [5.74, 6) is -0.0533. The molecule has 0 unspecified atom stereocenters. The van der Waals surface area contributed by atoms with Gasteiger partial charge < -0.3 is 9.47 Å². The Bertz CT molecular complexity index is 840. The third-order valence-corrected chi connectivity index (χ3v) is 5.65. The van der Waals surface area contributed by atoms with Crippen molar-refractivity contribution in [1.82, 2.24) is 4.90 Å². The Labute approximate surface area is 176 Å². The smallest absolute Gasteiger partial charge is 0.306 e. The number of carbonyl (C=O) groups is 1. The Hall–Kier alpha value is -2.93. The second-order valence-electron chi connectivity index (χ2n) is 7.51. The van der Waals surface area contributed by atoms with Gasteiger partial charge in [0.25, 0.3) is 0 Å². The predicted molar refractivity (Wildman–Crippen MR) is 113 cm³/mol. The van der Waals surface area contributed by atoms with Crippen molar-refractivity contribution in [1.29, 1.82) is 0 Å². The van der Waals surface area contributed by atoms with E-state index in [1.54, 1.807) is 14.0 Å². The number of benzene rings is 2. The van der Waals surface area contributed by atoms with Gasteiger partial charge in [0.2, 0.25) is 6.04 Å². The molecule has 0 amide bonds. The van der Waals surface area contributed by atoms with E-state index in [0.29, 0.717) is 25.3 Å². The third kappa shape index (κ3) is 5.16. The first-order valence-electron chi connectivity index (χ1n) is 10.2. The van der Waals surface area contributed by atoms with E-state index in [1.807, 2.05) is 54.6 Å². The normalized spacial score (nSPS) is 21.7. The number of hydrogen-bond acceptors (Lipinski definition) is 6. The van der Waals surface area contributed by atoms with E-state index in [9.17, 15) is 14.9 Å². The molecule has 7 nitrogen and oxygen atoms in total.